The van der Waals surface area contributed by atoms with Crippen molar-refractivity contribution in [2.75, 3.05) is 0 Å². The van der Waals surface area contributed by atoms with Crippen LogP contribution in [0, 0.1) is 0 Å². The molecule has 6 heteroatoms. The topological polar surface area (TPSA) is 63.6 Å². The number of rotatable bonds is 1. The molecule has 1 heterocycles. The molecule has 0 bridgehead atoms. The molecular formula is C5H4Cl2N4. The predicted octanol–water partition coefficient (Wildman–Crippen LogP) is 2.35. The molecule has 0 unspecified atom stereocenters. The molecule has 0 amide bonds. The lowest BCUT2D eigenvalue weighted by Crippen LogP contribution is -1.78. The Balaban J connectivity index is 3.20. The molecule has 0 saturated heterocycles. The highest BCUT2D eigenvalue weighted by Crippen LogP contribution is 2.31. The van der Waals surface area contributed by atoms with Crippen LogP contribution in [0.25, 0.3) is 0 Å². The first-order valence-corrected chi connectivity index (χ1v) is 3.41. The molecule has 0 saturated carbocycles. The van der Waals surface area contributed by atoms with Gasteiger partial charge in [0.05, 0.1) is 10.0 Å². The van der Waals surface area contributed by atoms with Gasteiger partial charge in [0.2, 0.25) is 0 Å². The molecule has 58 valence electrons. The summed E-state index contributed by atoms with van der Waals surface area (Å²) in [5.41, 5.74) is 0.339. The predicted molar refractivity (Wildman–Crippen MR) is 43.0 cm³/mol. The zero-order valence-electron chi connectivity index (χ0n) is 5.33. The fourth-order valence-electron chi connectivity index (χ4n) is 0.558. The Hall–Kier alpha value is -0.870. The molecule has 0 fully saturated rings. The molecule has 0 atom stereocenters. The van der Waals surface area contributed by atoms with E-state index >= 15 is 0 Å². The molecule has 1 aromatic rings. The van der Waals surface area contributed by atoms with Crippen LogP contribution in [0.15, 0.2) is 22.7 Å². The fraction of sp³-hybridized carbons (Fsp3) is 0. The van der Waals surface area contributed by atoms with Gasteiger partial charge in [-0.25, -0.2) is 0 Å². The first kappa shape index (κ1) is 8.23. The van der Waals surface area contributed by atoms with E-state index in [1.54, 1.807) is 0 Å². The van der Waals surface area contributed by atoms with Crippen LogP contribution in [0.5, 0.6) is 0 Å². The summed E-state index contributed by atoms with van der Waals surface area (Å²) in [4.78, 5) is 3.72. The summed E-state index contributed by atoms with van der Waals surface area (Å²) in [6.45, 7) is 0. The van der Waals surface area contributed by atoms with E-state index in [4.69, 9.17) is 29.0 Å². The van der Waals surface area contributed by atoms with Gasteiger partial charge >= 0.3 is 0 Å². The second-order valence-corrected chi connectivity index (χ2v) is 2.48. The summed E-state index contributed by atoms with van der Waals surface area (Å²) >= 11 is 11.3. The van der Waals surface area contributed by atoms with Crippen LogP contribution in [0.2, 0.25) is 10.0 Å². The minimum Gasteiger partial charge on any atom is -0.305 e. The number of nitrogens with two attached hydrogens (primary N) is 1. The minimum atomic E-state index is 0.326. The maximum absolute atomic E-state index is 5.65. The van der Waals surface area contributed by atoms with E-state index < -0.39 is 0 Å². The molecule has 11 heavy (non-hydrogen) atoms. The maximum Gasteiger partial charge on any atom is 0.128 e. The summed E-state index contributed by atoms with van der Waals surface area (Å²) in [5.74, 6) is 4.82. The van der Waals surface area contributed by atoms with Crippen LogP contribution in [0.4, 0.5) is 5.69 Å². The van der Waals surface area contributed by atoms with Crippen molar-refractivity contribution in [2.45, 2.75) is 0 Å². The summed E-state index contributed by atoms with van der Waals surface area (Å²) in [7, 11) is 0. The molecule has 0 spiro atoms. The van der Waals surface area contributed by atoms with Crippen molar-refractivity contribution in [2.24, 2.45) is 16.2 Å². The third-order valence-electron chi connectivity index (χ3n) is 0.986. The Morgan fingerprint density at radius 1 is 1.27 bits per heavy atom. The second-order valence-electron chi connectivity index (χ2n) is 1.67. The smallest absolute Gasteiger partial charge is 0.128 e. The normalized spacial score (nSPS) is 10.7. The van der Waals surface area contributed by atoms with Crippen molar-refractivity contribution >= 4 is 28.9 Å². The van der Waals surface area contributed by atoms with Crippen molar-refractivity contribution in [3.63, 3.8) is 0 Å². The van der Waals surface area contributed by atoms with Gasteiger partial charge < -0.3 is 5.84 Å². The largest absolute Gasteiger partial charge is 0.305 e. The molecule has 0 aliphatic carbocycles. The highest BCUT2D eigenvalue weighted by molar-refractivity contribution is 6.38. The summed E-state index contributed by atoms with van der Waals surface area (Å²) in [6.07, 6.45) is 2.83. The Bertz CT molecular complexity index is 266. The minimum absolute atomic E-state index is 0.326. The third kappa shape index (κ3) is 1.78. The van der Waals surface area contributed by atoms with Crippen LogP contribution < -0.4 is 5.84 Å². The number of nitrogens with zero attached hydrogens (tertiary/aromatic N) is 3. The van der Waals surface area contributed by atoms with Gasteiger partial charge in [0.25, 0.3) is 0 Å². The van der Waals surface area contributed by atoms with E-state index in [1.165, 1.54) is 12.4 Å². The van der Waals surface area contributed by atoms with Gasteiger partial charge in [-0.2, -0.15) is 0 Å². The molecular weight excluding hydrogens is 187 g/mol. The van der Waals surface area contributed by atoms with Crippen molar-refractivity contribution in [3.05, 3.63) is 22.4 Å². The van der Waals surface area contributed by atoms with Crippen molar-refractivity contribution in [3.8, 4) is 0 Å². The number of pyridine rings is 1. The lowest BCUT2D eigenvalue weighted by atomic mass is 10.4. The average Bonchev–Trinajstić information content (AvgIpc) is 1.97. The van der Waals surface area contributed by atoms with Crippen LogP contribution in [-0.4, -0.2) is 4.98 Å². The Morgan fingerprint density at radius 2 is 1.82 bits per heavy atom. The molecule has 2 N–H and O–H groups in total. The van der Waals surface area contributed by atoms with Crippen LogP contribution >= 0.6 is 23.2 Å². The van der Waals surface area contributed by atoms with E-state index in [9.17, 15) is 0 Å². The first-order chi connectivity index (χ1) is 5.25. The van der Waals surface area contributed by atoms with E-state index in [2.05, 4.69) is 15.3 Å². The van der Waals surface area contributed by atoms with E-state index in [1.807, 2.05) is 0 Å². The molecule has 1 rings (SSSR count). The summed E-state index contributed by atoms with van der Waals surface area (Å²) in [6, 6.07) is 0. The lowest BCUT2D eigenvalue weighted by molar-refractivity contribution is 1.06. The Morgan fingerprint density at radius 3 is 2.27 bits per heavy atom. The summed E-state index contributed by atoms with van der Waals surface area (Å²) < 4.78 is 0. The fourth-order valence-corrected chi connectivity index (χ4v) is 0.998. The molecule has 0 aromatic carbocycles. The molecule has 1 aromatic heterocycles. The Kier molecular flexibility index (Phi) is 2.62. The van der Waals surface area contributed by atoms with Crippen LogP contribution in [0.1, 0.15) is 0 Å². The van der Waals surface area contributed by atoms with Gasteiger partial charge in [-0.3, -0.25) is 4.98 Å². The van der Waals surface area contributed by atoms with Gasteiger partial charge in [0.15, 0.2) is 0 Å². The number of hydrogen-bond donors (Lipinski definition) is 1. The third-order valence-corrected chi connectivity index (χ3v) is 1.54. The first-order valence-electron chi connectivity index (χ1n) is 2.65. The van der Waals surface area contributed by atoms with Gasteiger partial charge in [-0.1, -0.05) is 28.4 Å². The van der Waals surface area contributed by atoms with Gasteiger partial charge in [-0.05, 0) is 0 Å². The van der Waals surface area contributed by atoms with Crippen LogP contribution in [0.3, 0.4) is 0 Å². The zero-order valence-corrected chi connectivity index (χ0v) is 6.84. The quantitative estimate of drug-likeness (QED) is 0.420. The van der Waals surface area contributed by atoms with Crippen molar-refractivity contribution < 1.29 is 0 Å². The summed E-state index contributed by atoms with van der Waals surface area (Å²) in [5, 5.41) is 7.21. The molecule has 0 aliphatic heterocycles. The van der Waals surface area contributed by atoms with Gasteiger partial charge in [-0.15, -0.1) is 5.11 Å². The molecule has 4 nitrogen and oxygen atoms in total. The number of aromatic nitrogens is 1. The van der Waals surface area contributed by atoms with Crippen molar-refractivity contribution in [1.82, 2.24) is 4.98 Å². The monoisotopic (exact) mass is 190 g/mol. The maximum atomic E-state index is 5.65. The average molecular weight is 191 g/mol. The SMILES string of the molecule is NN=Nc1c(Cl)cncc1Cl. The highest BCUT2D eigenvalue weighted by atomic mass is 35.5. The second kappa shape index (κ2) is 3.50. The van der Waals surface area contributed by atoms with E-state index in [0.29, 0.717) is 15.7 Å². The Labute approximate surface area is 73.0 Å². The van der Waals surface area contributed by atoms with Crippen LogP contribution in [-0.2, 0) is 0 Å². The van der Waals surface area contributed by atoms with Gasteiger partial charge in [0.1, 0.15) is 5.69 Å². The standard InChI is InChI=1S/C5H4Cl2N4/c6-3-1-9-2-4(7)5(3)10-11-8/h1-2H,(H2,8,9,10). The van der Waals surface area contributed by atoms with E-state index in [-0.39, 0.29) is 0 Å². The lowest BCUT2D eigenvalue weighted by Gasteiger charge is -1.95. The van der Waals surface area contributed by atoms with Crippen molar-refractivity contribution in [1.29, 1.82) is 0 Å². The number of halogens is 2. The number of hydrogen-bond acceptors (Lipinski definition) is 3. The molecule has 0 radical (unpaired) electrons. The van der Waals surface area contributed by atoms with E-state index in [0.717, 1.165) is 0 Å². The molecule has 0 aliphatic rings. The highest BCUT2D eigenvalue weighted by Gasteiger charge is 2.03. The van der Waals surface area contributed by atoms with Gasteiger partial charge in [0, 0.05) is 12.4 Å². The zero-order chi connectivity index (χ0) is 8.27.